The highest BCUT2D eigenvalue weighted by Gasteiger charge is 2.18. The summed E-state index contributed by atoms with van der Waals surface area (Å²) in [6.07, 6.45) is 2.56. The van der Waals surface area contributed by atoms with Crippen LogP contribution in [-0.4, -0.2) is 58.8 Å². The minimum absolute atomic E-state index is 0.239. The topological polar surface area (TPSA) is 63.2 Å². The molecule has 0 radical (unpaired) electrons. The van der Waals surface area contributed by atoms with Gasteiger partial charge in [0.15, 0.2) is 0 Å². The molecule has 1 atom stereocenters. The van der Waals surface area contributed by atoms with Gasteiger partial charge in [0.2, 0.25) is 17.2 Å². The summed E-state index contributed by atoms with van der Waals surface area (Å²) >= 11 is 8.00. The van der Waals surface area contributed by atoms with Crippen LogP contribution in [0.5, 0.6) is 0 Å². The summed E-state index contributed by atoms with van der Waals surface area (Å²) < 4.78 is 5.33. The molecule has 2 aliphatic rings. The van der Waals surface area contributed by atoms with Crippen LogP contribution in [0.25, 0.3) is 0 Å². The number of morpholine rings is 1. The molecule has 3 heterocycles. The van der Waals surface area contributed by atoms with E-state index in [2.05, 4.69) is 25.2 Å². The Morgan fingerprint density at radius 1 is 1.30 bits per heavy atom. The fraction of sp³-hybridized carbons (Fsp3) is 0.750. The molecule has 6 nitrogen and oxygen atoms in total. The molecule has 0 saturated carbocycles. The van der Waals surface area contributed by atoms with E-state index in [-0.39, 0.29) is 5.28 Å². The normalized spacial score (nSPS) is 23.1. The smallest absolute Gasteiger partial charge is 0.231 e. The Bertz CT molecular complexity index is 451. The molecule has 110 valence electrons. The zero-order valence-electron chi connectivity index (χ0n) is 11.2. The van der Waals surface area contributed by atoms with Crippen LogP contribution < -0.4 is 10.2 Å². The van der Waals surface area contributed by atoms with Crippen LogP contribution in [0.3, 0.4) is 0 Å². The van der Waals surface area contributed by atoms with E-state index in [9.17, 15) is 0 Å². The first kappa shape index (κ1) is 14.2. The number of hydrogen-bond donors (Lipinski definition) is 1. The zero-order valence-corrected chi connectivity index (χ0v) is 12.8. The third-order valence-electron chi connectivity index (χ3n) is 3.40. The summed E-state index contributed by atoms with van der Waals surface area (Å²) in [7, 11) is 0. The summed E-state index contributed by atoms with van der Waals surface area (Å²) in [5.41, 5.74) is 0. The number of halogens is 1. The summed E-state index contributed by atoms with van der Waals surface area (Å²) in [4.78, 5) is 14.9. The van der Waals surface area contributed by atoms with E-state index in [1.807, 2.05) is 11.8 Å². The number of nitrogens with zero attached hydrogens (tertiary/aromatic N) is 4. The molecule has 8 heteroatoms. The lowest BCUT2D eigenvalue weighted by atomic mass is 10.2. The molecule has 1 aromatic heterocycles. The Kier molecular flexibility index (Phi) is 4.80. The summed E-state index contributed by atoms with van der Waals surface area (Å²) in [6, 6.07) is 0. The van der Waals surface area contributed by atoms with E-state index in [0.29, 0.717) is 30.4 Å². The molecule has 1 N–H and O–H groups in total. The van der Waals surface area contributed by atoms with E-state index < -0.39 is 0 Å². The standard InChI is InChI=1S/C12H18ClN5OS/c13-10-15-11(14-8-9-2-1-7-20-9)17-12(16-10)18-3-5-19-6-4-18/h9H,1-8H2,(H,14,15,16,17). The maximum atomic E-state index is 6.00. The van der Waals surface area contributed by atoms with Gasteiger partial charge in [-0.05, 0) is 30.2 Å². The Labute approximate surface area is 127 Å². The fourth-order valence-electron chi connectivity index (χ4n) is 2.33. The lowest BCUT2D eigenvalue weighted by molar-refractivity contribution is 0.122. The summed E-state index contributed by atoms with van der Waals surface area (Å²) in [5.74, 6) is 2.46. The maximum Gasteiger partial charge on any atom is 0.231 e. The maximum absolute atomic E-state index is 6.00. The quantitative estimate of drug-likeness (QED) is 0.906. The highest BCUT2D eigenvalue weighted by atomic mass is 35.5. The van der Waals surface area contributed by atoms with Gasteiger partial charge in [-0.15, -0.1) is 0 Å². The van der Waals surface area contributed by atoms with Crippen molar-refractivity contribution in [3.8, 4) is 0 Å². The molecule has 2 aliphatic heterocycles. The number of hydrogen-bond acceptors (Lipinski definition) is 7. The van der Waals surface area contributed by atoms with Crippen LogP contribution >= 0.6 is 23.4 Å². The van der Waals surface area contributed by atoms with Gasteiger partial charge in [-0.2, -0.15) is 26.7 Å². The number of anilines is 2. The first-order chi connectivity index (χ1) is 9.81. The van der Waals surface area contributed by atoms with Crippen molar-refractivity contribution in [2.45, 2.75) is 18.1 Å². The number of thioether (sulfide) groups is 1. The van der Waals surface area contributed by atoms with Crippen molar-refractivity contribution in [2.24, 2.45) is 0 Å². The van der Waals surface area contributed by atoms with Crippen LogP contribution in [0.4, 0.5) is 11.9 Å². The van der Waals surface area contributed by atoms with Crippen LogP contribution in [0.1, 0.15) is 12.8 Å². The lowest BCUT2D eigenvalue weighted by Crippen LogP contribution is -2.37. The fourth-order valence-corrected chi connectivity index (χ4v) is 3.69. The molecule has 0 aliphatic carbocycles. The Morgan fingerprint density at radius 2 is 2.15 bits per heavy atom. The average Bonchev–Trinajstić information content (AvgIpc) is 2.99. The minimum atomic E-state index is 0.239. The van der Waals surface area contributed by atoms with E-state index in [1.165, 1.54) is 18.6 Å². The molecular weight excluding hydrogens is 298 g/mol. The van der Waals surface area contributed by atoms with Crippen LogP contribution in [0.15, 0.2) is 0 Å². The van der Waals surface area contributed by atoms with Crippen molar-refractivity contribution in [2.75, 3.05) is 48.8 Å². The highest BCUT2D eigenvalue weighted by molar-refractivity contribution is 8.00. The average molecular weight is 316 g/mol. The Morgan fingerprint density at radius 3 is 2.90 bits per heavy atom. The van der Waals surface area contributed by atoms with Crippen molar-refractivity contribution in [1.29, 1.82) is 0 Å². The van der Waals surface area contributed by atoms with Gasteiger partial charge in [0.1, 0.15) is 0 Å². The highest BCUT2D eigenvalue weighted by Crippen LogP contribution is 2.26. The van der Waals surface area contributed by atoms with Gasteiger partial charge in [0.25, 0.3) is 0 Å². The van der Waals surface area contributed by atoms with Crippen LogP contribution in [0.2, 0.25) is 5.28 Å². The molecule has 3 rings (SSSR count). The molecule has 0 amide bonds. The van der Waals surface area contributed by atoms with E-state index in [1.54, 1.807) is 0 Å². The van der Waals surface area contributed by atoms with Crippen LogP contribution in [0, 0.1) is 0 Å². The predicted molar refractivity (Wildman–Crippen MR) is 81.8 cm³/mol. The Balaban J connectivity index is 1.65. The monoisotopic (exact) mass is 315 g/mol. The molecule has 2 fully saturated rings. The summed E-state index contributed by atoms with van der Waals surface area (Å²) in [5, 5.41) is 4.17. The van der Waals surface area contributed by atoms with Gasteiger partial charge in [-0.25, -0.2) is 0 Å². The van der Waals surface area contributed by atoms with E-state index in [4.69, 9.17) is 16.3 Å². The second-order valence-electron chi connectivity index (χ2n) is 4.84. The number of ether oxygens (including phenoxy) is 1. The van der Waals surface area contributed by atoms with Crippen molar-refractivity contribution >= 4 is 35.3 Å². The molecule has 20 heavy (non-hydrogen) atoms. The first-order valence-electron chi connectivity index (χ1n) is 6.91. The third-order valence-corrected chi connectivity index (χ3v) is 4.97. The van der Waals surface area contributed by atoms with Crippen molar-refractivity contribution in [3.63, 3.8) is 0 Å². The predicted octanol–water partition coefficient (Wildman–Crippen LogP) is 1.67. The third kappa shape index (κ3) is 3.65. The SMILES string of the molecule is Clc1nc(NCC2CCCS2)nc(N2CCOCC2)n1. The second kappa shape index (κ2) is 6.78. The molecular formula is C12H18ClN5OS. The van der Waals surface area contributed by atoms with Gasteiger partial charge in [0, 0.05) is 24.9 Å². The van der Waals surface area contributed by atoms with E-state index in [0.717, 1.165) is 19.6 Å². The van der Waals surface area contributed by atoms with Gasteiger partial charge < -0.3 is 15.0 Å². The molecule has 1 unspecified atom stereocenters. The van der Waals surface area contributed by atoms with Crippen molar-refractivity contribution in [1.82, 2.24) is 15.0 Å². The zero-order chi connectivity index (χ0) is 13.8. The minimum Gasteiger partial charge on any atom is -0.378 e. The van der Waals surface area contributed by atoms with Gasteiger partial charge >= 0.3 is 0 Å². The number of aromatic nitrogens is 3. The van der Waals surface area contributed by atoms with Gasteiger partial charge in [0.05, 0.1) is 13.2 Å². The molecule has 1 aromatic rings. The molecule has 0 spiro atoms. The molecule has 0 aromatic carbocycles. The van der Waals surface area contributed by atoms with Crippen molar-refractivity contribution in [3.05, 3.63) is 5.28 Å². The Hall–Kier alpha value is -0.790. The van der Waals surface area contributed by atoms with Crippen LogP contribution in [-0.2, 0) is 4.74 Å². The second-order valence-corrected chi connectivity index (χ2v) is 6.59. The largest absolute Gasteiger partial charge is 0.378 e. The summed E-state index contributed by atoms with van der Waals surface area (Å²) in [6.45, 7) is 3.86. The van der Waals surface area contributed by atoms with Crippen molar-refractivity contribution < 1.29 is 4.74 Å². The van der Waals surface area contributed by atoms with E-state index >= 15 is 0 Å². The van der Waals surface area contributed by atoms with Gasteiger partial charge in [-0.3, -0.25) is 0 Å². The lowest BCUT2D eigenvalue weighted by Gasteiger charge is -2.26. The molecule has 0 bridgehead atoms. The van der Waals surface area contributed by atoms with Gasteiger partial charge in [-0.1, -0.05) is 0 Å². The number of rotatable bonds is 4. The first-order valence-corrected chi connectivity index (χ1v) is 8.34. The number of nitrogens with one attached hydrogen (secondary N) is 1. The molecule has 2 saturated heterocycles.